The molecule has 19 heavy (non-hydrogen) atoms. The van der Waals surface area contributed by atoms with Crippen molar-refractivity contribution in [2.75, 3.05) is 28.8 Å². The molecule has 0 bridgehead atoms. The first-order valence-electron chi connectivity index (χ1n) is 5.79. The lowest BCUT2D eigenvalue weighted by Crippen LogP contribution is -2.33. The summed E-state index contributed by atoms with van der Waals surface area (Å²) in [7, 11) is -5.58. The van der Waals surface area contributed by atoms with Crippen LogP contribution in [0.25, 0.3) is 0 Å². The van der Waals surface area contributed by atoms with Gasteiger partial charge in [0.05, 0.1) is 11.5 Å². The van der Waals surface area contributed by atoms with Gasteiger partial charge in [-0.2, -0.15) is 4.55 Å². The molecule has 1 fully saturated rings. The third-order valence-corrected chi connectivity index (χ3v) is 7.63. The molecule has 0 aromatic carbocycles. The molecule has 0 aliphatic carbocycles. The fourth-order valence-electron chi connectivity index (χ4n) is 2.03. The molecule has 2 N–H and O–H groups in total. The third kappa shape index (κ3) is 4.82. The molecule has 2 aliphatic heterocycles. The summed E-state index contributed by atoms with van der Waals surface area (Å²) in [6.07, 6.45) is 2.38. The largest absolute Gasteiger partial charge is 0.367 e. The van der Waals surface area contributed by atoms with Gasteiger partial charge in [0, 0.05) is 11.8 Å². The van der Waals surface area contributed by atoms with Crippen LogP contribution in [-0.4, -0.2) is 52.1 Å². The van der Waals surface area contributed by atoms with E-state index in [9.17, 15) is 17.2 Å². The van der Waals surface area contributed by atoms with Crippen LogP contribution in [-0.2, 0) is 24.3 Å². The van der Waals surface area contributed by atoms with Gasteiger partial charge in [0.2, 0.25) is 10.2 Å². The summed E-state index contributed by atoms with van der Waals surface area (Å²) in [5, 5.41) is 3.03. The lowest BCUT2D eigenvalue weighted by Gasteiger charge is -2.12. The molecule has 5 nitrogen and oxygen atoms in total. The fraction of sp³-hybridized carbons (Fsp3) is 0.700. The van der Waals surface area contributed by atoms with Crippen LogP contribution in [0.3, 0.4) is 0 Å². The minimum Gasteiger partial charge on any atom is -0.367 e. The van der Waals surface area contributed by atoms with E-state index in [0.29, 0.717) is 16.5 Å². The second-order valence-corrected chi connectivity index (χ2v) is 10.8. The molecule has 0 spiro atoms. The van der Waals surface area contributed by atoms with Crippen LogP contribution in [0.5, 0.6) is 0 Å². The Bertz CT molecular complexity index is 554. The molecule has 2 atom stereocenters. The van der Waals surface area contributed by atoms with Crippen LogP contribution in [0.1, 0.15) is 6.42 Å². The maximum Gasteiger partial charge on any atom is 0.222 e. The van der Waals surface area contributed by atoms with Crippen molar-refractivity contribution in [3.8, 4) is 0 Å². The minimum absolute atomic E-state index is 0.0929. The van der Waals surface area contributed by atoms with Gasteiger partial charge in [-0.3, -0.25) is 0 Å². The number of thioether (sulfide) groups is 1. The van der Waals surface area contributed by atoms with Crippen molar-refractivity contribution in [2.24, 2.45) is 0 Å². The number of sulfone groups is 1. The van der Waals surface area contributed by atoms with Crippen LogP contribution >= 0.6 is 24.0 Å². The van der Waals surface area contributed by atoms with E-state index < -0.39 is 20.1 Å². The first kappa shape index (κ1) is 15.4. The molecule has 9 heteroatoms. The second-order valence-electron chi connectivity index (χ2n) is 4.77. The predicted molar refractivity (Wildman–Crippen MR) is 83.7 cm³/mol. The first-order chi connectivity index (χ1) is 8.76. The highest BCUT2D eigenvalue weighted by molar-refractivity contribution is 8.23. The predicted octanol–water partition coefficient (Wildman–Crippen LogP) is 0.694. The van der Waals surface area contributed by atoms with Gasteiger partial charge in [0.25, 0.3) is 0 Å². The minimum atomic E-state index is -2.90. The summed E-state index contributed by atoms with van der Waals surface area (Å²) in [5.74, 6) is 1.39. The molecule has 0 aromatic rings. The van der Waals surface area contributed by atoms with Crippen LogP contribution in [0.15, 0.2) is 11.6 Å². The maximum absolute atomic E-state index is 11.4. The van der Waals surface area contributed by atoms with Crippen molar-refractivity contribution in [2.45, 2.75) is 12.5 Å². The van der Waals surface area contributed by atoms with Gasteiger partial charge in [-0.15, -0.1) is 0 Å². The molecule has 0 amide bonds. The molecule has 108 valence electrons. The summed E-state index contributed by atoms with van der Waals surface area (Å²) >= 11 is 6.54. The van der Waals surface area contributed by atoms with E-state index in [4.69, 9.17) is 12.2 Å². The Hall–Kier alpha value is 0.0400. The van der Waals surface area contributed by atoms with Gasteiger partial charge in [-0.25, -0.2) is 8.42 Å². The van der Waals surface area contributed by atoms with E-state index >= 15 is 0 Å². The standard InChI is InChI=1S/C10H15NO4S4/c12-18(13)3-1-8(6-18)5-17-10(16)11-9-2-4-19(14,15)7-9/h1,9H,2-7H2,(H-,11,12,13,16)/p+1/t9-/m1/s1. The van der Waals surface area contributed by atoms with E-state index in [1.807, 2.05) is 0 Å². The van der Waals surface area contributed by atoms with Crippen molar-refractivity contribution >= 4 is 48.4 Å². The van der Waals surface area contributed by atoms with Gasteiger partial charge in [0.15, 0.2) is 21.3 Å². The summed E-state index contributed by atoms with van der Waals surface area (Å²) in [6, 6.07) is -0.0929. The van der Waals surface area contributed by atoms with Crippen molar-refractivity contribution in [1.82, 2.24) is 5.32 Å². The summed E-state index contributed by atoms with van der Waals surface area (Å²) in [4.78, 5) is 0. The van der Waals surface area contributed by atoms with Crippen LogP contribution in [0.2, 0.25) is 0 Å². The van der Waals surface area contributed by atoms with E-state index in [0.717, 1.165) is 5.57 Å². The van der Waals surface area contributed by atoms with Gasteiger partial charge >= 0.3 is 0 Å². The molecule has 0 aromatic heterocycles. The second kappa shape index (κ2) is 5.80. The molecule has 0 saturated carbocycles. The third-order valence-electron chi connectivity index (χ3n) is 2.99. The lowest BCUT2D eigenvalue weighted by atomic mass is 10.3. The van der Waals surface area contributed by atoms with Crippen LogP contribution < -0.4 is 5.32 Å². The molecule has 2 aliphatic rings. The Labute approximate surface area is 123 Å². The Balaban J connectivity index is 1.73. The number of hydrogen-bond acceptors (Lipinski definition) is 5. The highest BCUT2D eigenvalue weighted by Gasteiger charge is 2.32. The molecule has 0 radical (unpaired) electrons. The first-order valence-corrected chi connectivity index (χ1v) is 10.9. The number of rotatable bonds is 3. The Morgan fingerprint density at radius 1 is 1.63 bits per heavy atom. The quantitative estimate of drug-likeness (QED) is 0.443. The van der Waals surface area contributed by atoms with E-state index in [1.165, 1.54) is 11.8 Å². The zero-order valence-corrected chi connectivity index (χ0v) is 13.5. The monoisotopic (exact) mass is 342 g/mol. The van der Waals surface area contributed by atoms with Gasteiger partial charge in [0.1, 0.15) is 4.32 Å². The SMILES string of the molecule is O=S1(=O)CC[C@@H](NC(=S)SCC2=CC[S+](=O)(O)C2)C1. The fourth-order valence-corrected chi connectivity index (χ4v) is 6.38. The zero-order valence-electron chi connectivity index (χ0n) is 10.2. The van der Waals surface area contributed by atoms with E-state index in [2.05, 4.69) is 5.32 Å². The molecular weight excluding hydrogens is 326 g/mol. The van der Waals surface area contributed by atoms with E-state index in [1.54, 1.807) is 6.08 Å². The Kier molecular flexibility index (Phi) is 4.71. The lowest BCUT2D eigenvalue weighted by molar-refractivity contribution is 0.504. The smallest absolute Gasteiger partial charge is 0.222 e. The van der Waals surface area contributed by atoms with Crippen LogP contribution in [0, 0.1) is 0 Å². The summed E-state index contributed by atoms with van der Waals surface area (Å²) in [5.41, 5.74) is 0.931. The highest BCUT2D eigenvalue weighted by Crippen LogP contribution is 2.21. The van der Waals surface area contributed by atoms with Crippen molar-refractivity contribution < 1.29 is 17.2 Å². The van der Waals surface area contributed by atoms with E-state index in [-0.39, 0.29) is 29.1 Å². The van der Waals surface area contributed by atoms with Crippen molar-refractivity contribution in [1.29, 1.82) is 0 Å². The van der Waals surface area contributed by atoms with Gasteiger partial charge in [-0.1, -0.05) is 28.2 Å². The number of nitrogens with one attached hydrogen (secondary N) is 1. The Morgan fingerprint density at radius 3 is 2.89 bits per heavy atom. The molecule has 1 saturated heterocycles. The molecular formula is C10H16NO4S4+. The maximum atomic E-state index is 11.4. The molecule has 2 rings (SSSR count). The highest BCUT2D eigenvalue weighted by atomic mass is 32.3. The summed E-state index contributed by atoms with van der Waals surface area (Å²) in [6.45, 7) is 0. The summed E-state index contributed by atoms with van der Waals surface area (Å²) < 4.78 is 43.9. The van der Waals surface area contributed by atoms with Crippen molar-refractivity contribution in [3.63, 3.8) is 0 Å². The Morgan fingerprint density at radius 2 is 2.37 bits per heavy atom. The number of thiocarbonyl (C=S) groups is 1. The van der Waals surface area contributed by atoms with Gasteiger partial charge in [-0.05, 0) is 18.1 Å². The average Bonchev–Trinajstić information content (AvgIpc) is 2.78. The van der Waals surface area contributed by atoms with Crippen molar-refractivity contribution in [3.05, 3.63) is 11.6 Å². The molecule has 1 unspecified atom stereocenters. The van der Waals surface area contributed by atoms with Crippen LogP contribution in [0.4, 0.5) is 0 Å². The number of hydrogen-bond donors (Lipinski definition) is 2. The molecule has 2 heterocycles. The average molecular weight is 343 g/mol. The zero-order chi connectivity index (χ0) is 14.1. The van der Waals surface area contributed by atoms with Gasteiger partial charge < -0.3 is 5.32 Å². The normalized spacial score (nSPS) is 33.1. The topological polar surface area (TPSA) is 83.5 Å².